The number of nitrogen functional groups attached to an aromatic ring is 1. The molecule has 0 aliphatic carbocycles. The highest BCUT2D eigenvalue weighted by Gasteiger charge is 2.50. The molecule has 0 bridgehead atoms. The lowest BCUT2D eigenvalue weighted by Gasteiger charge is -2.27. The van der Waals surface area contributed by atoms with E-state index in [1.165, 1.54) is 29.1 Å². The minimum absolute atomic E-state index is 0.0169. The molecule has 3 aromatic rings. The van der Waals surface area contributed by atoms with Crippen molar-refractivity contribution in [3.05, 3.63) is 47.0 Å². The molecule has 0 amide bonds. The van der Waals surface area contributed by atoms with Gasteiger partial charge in [0.1, 0.15) is 11.7 Å². The van der Waals surface area contributed by atoms with E-state index in [-0.39, 0.29) is 39.8 Å². The Morgan fingerprint density at radius 3 is 2.64 bits per heavy atom. The number of carboxylic acid groups (broad SMARTS) is 3. The predicted octanol–water partition coefficient (Wildman–Crippen LogP) is 1.55. The maximum atomic E-state index is 14.9. The highest BCUT2D eigenvalue weighted by atomic mass is 35.5. The first-order valence-electron chi connectivity index (χ1n) is 10.4. The largest absolute Gasteiger partial charge is 0.479 e. The molecule has 0 radical (unpaired) electrons. The van der Waals surface area contributed by atoms with Gasteiger partial charge in [-0.15, -0.1) is 0 Å². The molecule has 0 saturated carbocycles. The van der Waals surface area contributed by atoms with Crippen molar-refractivity contribution in [2.45, 2.75) is 36.9 Å². The topological polar surface area (TPSA) is 200 Å². The van der Waals surface area contributed by atoms with Gasteiger partial charge in [-0.05, 0) is 29.3 Å². The van der Waals surface area contributed by atoms with Gasteiger partial charge in [-0.1, -0.05) is 12.1 Å². The maximum Gasteiger partial charge on any atom is 0.348 e. The van der Waals surface area contributed by atoms with Crippen molar-refractivity contribution in [3.63, 3.8) is 0 Å². The predicted molar refractivity (Wildman–Crippen MR) is 119 cm³/mol. The van der Waals surface area contributed by atoms with Crippen LogP contribution in [-0.4, -0.2) is 77.2 Å². The van der Waals surface area contributed by atoms with Crippen LogP contribution in [-0.2, 0) is 25.5 Å². The maximum absolute atomic E-state index is 14.9. The molecular weight excluding hydrogens is 505 g/mol. The minimum Gasteiger partial charge on any atom is -0.479 e. The molecule has 3 heterocycles. The summed E-state index contributed by atoms with van der Waals surface area (Å²) in [4.78, 5) is 47.1. The van der Waals surface area contributed by atoms with Crippen molar-refractivity contribution in [2.24, 2.45) is 0 Å². The summed E-state index contributed by atoms with van der Waals surface area (Å²) in [6, 6.07) is 5.15. The molecule has 15 heteroatoms. The number of benzene rings is 1. The van der Waals surface area contributed by atoms with Gasteiger partial charge in [0.2, 0.25) is 5.28 Å². The van der Waals surface area contributed by atoms with Gasteiger partial charge in [-0.25, -0.2) is 23.8 Å². The second-order valence-electron chi connectivity index (χ2n) is 8.03. The van der Waals surface area contributed by atoms with Gasteiger partial charge in [-0.3, -0.25) is 4.57 Å². The molecular formula is C21H19ClFN5O8. The Balaban J connectivity index is 1.54. The van der Waals surface area contributed by atoms with E-state index in [0.717, 1.165) is 6.07 Å². The van der Waals surface area contributed by atoms with Crippen molar-refractivity contribution in [3.8, 4) is 0 Å². The second-order valence-corrected chi connectivity index (χ2v) is 8.37. The number of hydrogen-bond donors (Lipinski definition) is 4. The second kappa shape index (κ2) is 9.64. The van der Waals surface area contributed by atoms with E-state index < -0.39 is 55.0 Å². The van der Waals surface area contributed by atoms with Gasteiger partial charge in [0.25, 0.3) is 5.60 Å². The molecule has 1 aliphatic rings. The van der Waals surface area contributed by atoms with E-state index >= 15 is 0 Å². The monoisotopic (exact) mass is 523 g/mol. The number of hydrogen-bond acceptors (Lipinski definition) is 9. The van der Waals surface area contributed by atoms with Crippen molar-refractivity contribution in [2.75, 3.05) is 12.3 Å². The first kappa shape index (κ1) is 25.2. The van der Waals surface area contributed by atoms with Crippen LogP contribution in [0.1, 0.15) is 28.6 Å². The fourth-order valence-corrected chi connectivity index (χ4v) is 4.07. The number of aromatic carboxylic acids is 1. The van der Waals surface area contributed by atoms with Crippen LogP contribution in [0.2, 0.25) is 5.28 Å². The number of aliphatic carboxylic acids is 2. The summed E-state index contributed by atoms with van der Waals surface area (Å²) >= 11 is 5.84. The minimum atomic E-state index is -2.78. The van der Waals surface area contributed by atoms with Crippen LogP contribution >= 0.6 is 11.6 Å². The number of fused-ring (bicyclic) bond motifs is 1. The van der Waals surface area contributed by atoms with Crippen LogP contribution < -0.4 is 5.73 Å². The number of rotatable bonds is 9. The molecule has 1 fully saturated rings. The molecule has 190 valence electrons. The standard InChI is InChI=1S/C21H19ClFN5O8/c22-20-26-14(24)13-15(27-20)28(8-25-13)16-12(23)5-11(36-16)7-35-21(18(31)32,19(33)34)6-9-2-1-3-10(4-9)17(29)30/h1-4,8,11-12,16H,5-7H2,(H,29,30)(H,31,32)(H,33,34)(H2,24,26,27). The van der Waals surface area contributed by atoms with Crippen molar-refractivity contribution >= 4 is 46.5 Å². The lowest BCUT2D eigenvalue weighted by Crippen LogP contribution is -2.52. The molecule has 3 atom stereocenters. The van der Waals surface area contributed by atoms with Crippen molar-refractivity contribution in [1.82, 2.24) is 19.5 Å². The van der Waals surface area contributed by atoms with Crippen molar-refractivity contribution < 1.29 is 43.6 Å². The number of imidazole rings is 1. The number of halogens is 2. The average molecular weight is 524 g/mol. The summed E-state index contributed by atoms with van der Waals surface area (Å²) in [6.45, 7) is -0.585. The number of anilines is 1. The quantitative estimate of drug-likeness (QED) is 0.233. The molecule has 3 unspecified atom stereocenters. The van der Waals surface area contributed by atoms with Crippen LogP contribution in [0.4, 0.5) is 10.2 Å². The smallest absolute Gasteiger partial charge is 0.348 e. The lowest BCUT2D eigenvalue weighted by atomic mass is 9.93. The van der Waals surface area contributed by atoms with Crippen LogP contribution in [0.3, 0.4) is 0 Å². The first-order chi connectivity index (χ1) is 17.0. The van der Waals surface area contributed by atoms with Crippen molar-refractivity contribution in [1.29, 1.82) is 0 Å². The van der Waals surface area contributed by atoms with Gasteiger partial charge in [0.05, 0.1) is 24.6 Å². The zero-order valence-corrected chi connectivity index (χ0v) is 19.0. The Labute approximate surface area is 206 Å². The Morgan fingerprint density at radius 1 is 1.25 bits per heavy atom. The van der Waals surface area contributed by atoms with E-state index in [4.69, 9.17) is 31.9 Å². The third-order valence-corrected chi connectivity index (χ3v) is 5.83. The molecule has 1 aliphatic heterocycles. The van der Waals surface area contributed by atoms with E-state index in [9.17, 15) is 29.0 Å². The van der Waals surface area contributed by atoms with E-state index in [2.05, 4.69) is 15.0 Å². The summed E-state index contributed by atoms with van der Waals surface area (Å²) in [6.07, 6.45) is -3.58. The lowest BCUT2D eigenvalue weighted by molar-refractivity contribution is -0.188. The highest BCUT2D eigenvalue weighted by molar-refractivity contribution is 6.28. The summed E-state index contributed by atoms with van der Waals surface area (Å²) < 4.78 is 27.2. The summed E-state index contributed by atoms with van der Waals surface area (Å²) in [5.41, 5.74) is 3.23. The van der Waals surface area contributed by atoms with Gasteiger partial charge in [-0.2, -0.15) is 9.97 Å². The van der Waals surface area contributed by atoms with E-state index in [1.807, 2.05) is 0 Å². The van der Waals surface area contributed by atoms with E-state index in [0.29, 0.717) is 0 Å². The number of carbonyl (C=O) groups is 3. The Morgan fingerprint density at radius 2 is 1.97 bits per heavy atom. The molecule has 2 aromatic heterocycles. The fraction of sp³-hybridized carbons (Fsp3) is 0.333. The number of carboxylic acids is 3. The number of aromatic nitrogens is 4. The Hall–Kier alpha value is -3.88. The third-order valence-electron chi connectivity index (χ3n) is 5.66. The van der Waals surface area contributed by atoms with Gasteiger partial charge in [0, 0.05) is 12.8 Å². The van der Waals surface area contributed by atoms with Crippen LogP contribution in [0.5, 0.6) is 0 Å². The number of ether oxygens (including phenoxy) is 2. The summed E-state index contributed by atoms with van der Waals surface area (Å²) in [5, 5.41) is 28.5. The first-order valence-corrected chi connectivity index (χ1v) is 10.8. The van der Waals surface area contributed by atoms with Crippen LogP contribution in [0, 0.1) is 0 Å². The highest BCUT2D eigenvalue weighted by Crippen LogP contribution is 2.35. The zero-order chi connectivity index (χ0) is 26.2. The van der Waals surface area contributed by atoms with Gasteiger partial charge >= 0.3 is 17.9 Å². The fourth-order valence-electron chi connectivity index (χ4n) is 3.90. The molecule has 0 spiro atoms. The van der Waals surface area contributed by atoms with Crippen LogP contribution in [0.15, 0.2) is 30.6 Å². The molecule has 1 saturated heterocycles. The zero-order valence-electron chi connectivity index (χ0n) is 18.2. The average Bonchev–Trinajstić information content (AvgIpc) is 3.39. The van der Waals surface area contributed by atoms with Gasteiger partial charge < -0.3 is 30.5 Å². The van der Waals surface area contributed by atoms with E-state index in [1.54, 1.807) is 0 Å². The molecule has 36 heavy (non-hydrogen) atoms. The number of alkyl halides is 1. The Bertz CT molecular complexity index is 1340. The summed E-state index contributed by atoms with van der Waals surface area (Å²) in [7, 11) is 0. The molecule has 13 nitrogen and oxygen atoms in total. The SMILES string of the molecule is Nc1nc(Cl)nc2c1ncn2C1OC(COC(Cc2cccc(C(=O)O)c2)(C(=O)O)C(=O)O)CC1F. The summed E-state index contributed by atoms with van der Waals surface area (Å²) in [5.74, 6) is -4.92. The normalized spacial score (nSPS) is 20.0. The molecule has 1 aromatic carbocycles. The molecule has 4 rings (SSSR count). The Kier molecular flexibility index (Phi) is 6.75. The van der Waals surface area contributed by atoms with Gasteiger partial charge in [0.15, 0.2) is 17.7 Å². The third kappa shape index (κ3) is 4.65. The van der Waals surface area contributed by atoms with Crippen LogP contribution in [0.25, 0.3) is 11.2 Å². The number of nitrogens with zero attached hydrogens (tertiary/aromatic N) is 4. The molecule has 5 N–H and O–H groups in total. The number of nitrogens with two attached hydrogens (primary N) is 1.